The third-order valence-corrected chi connectivity index (χ3v) is 2.08. The summed E-state index contributed by atoms with van der Waals surface area (Å²) in [5.74, 6) is 0.276. The lowest BCUT2D eigenvalue weighted by atomic mass is 10.2. The Hall–Kier alpha value is -1.58. The van der Waals surface area contributed by atoms with E-state index in [1.54, 1.807) is 6.07 Å². The fraction of sp³-hybridized carbons (Fsp3) is 0.417. The Morgan fingerprint density at radius 1 is 1.38 bits per heavy atom. The van der Waals surface area contributed by atoms with Crippen molar-refractivity contribution >= 4 is 6.41 Å². The average Bonchev–Trinajstić information content (AvgIpc) is 2.22. The molecule has 0 atom stereocenters. The predicted molar refractivity (Wildman–Crippen MR) is 59.9 cm³/mol. The smallest absolute Gasteiger partial charge is 0.207 e. The second kappa shape index (κ2) is 6.82. The Balaban J connectivity index is 2.23. The van der Waals surface area contributed by atoms with Gasteiger partial charge in [0.15, 0.2) is 0 Å². The lowest BCUT2D eigenvalue weighted by Crippen LogP contribution is -2.13. The van der Waals surface area contributed by atoms with E-state index in [1.165, 1.54) is 12.1 Å². The highest BCUT2D eigenvalue weighted by atomic mass is 19.1. The molecule has 0 aromatic heterocycles. The van der Waals surface area contributed by atoms with Crippen LogP contribution in [0.2, 0.25) is 0 Å². The van der Waals surface area contributed by atoms with Gasteiger partial charge in [0, 0.05) is 12.6 Å². The van der Waals surface area contributed by atoms with Gasteiger partial charge in [-0.2, -0.15) is 0 Å². The summed E-state index contributed by atoms with van der Waals surface area (Å²) in [6.07, 6.45) is 2.36. The predicted octanol–water partition coefficient (Wildman–Crippen LogP) is 2.04. The summed E-state index contributed by atoms with van der Waals surface area (Å²) in [4.78, 5) is 9.95. The highest BCUT2D eigenvalue weighted by molar-refractivity contribution is 5.45. The van der Waals surface area contributed by atoms with E-state index in [0.29, 0.717) is 25.3 Å². The molecule has 1 amide bonds. The minimum atomic E-state index is -0.280. The largest absolute Gasteiger partial charge is 0.493 e. The zero-order valence-corrected chi connectivity index (χ0v) is 9.33. The molecule has 1 N–H and O–H groups in total. The van der Waals surface area contributed by atoms with Crippen LogP contribution in [0.25, 0.3) is 0 Å². The van der Waals surface area contributed by atoms with E-state index in [0.717, 1.165) is 18.4 Å². The molecule has 1 aromatic carbocycles. The summed E-state index contributed by atoms with van der Waals surface area (Å²) < 4.78 is 18.4. The number of unbranched alkanes of at least 4 members (excludes halogenated alkanes) is 1. The van der Waals surface area contributed by atoms with Crippen LogP contribution in [-0.4, -0.2) is 19.6 Å². The number of benzene rings is 1. The third kappa shape index (κ3) is 4.77. The molecule has 0 aliphatic heterocycles. The normalized spacial score (nSPS) is 9.88. The van der Waals surface area contributed by atoms with Crippen molar-refractivity contribution in [2.75, 3.05) is 13.2 Å². The summed E-state index contributed by atoms with van der Waals surface area (Å²) >= 11 is 0. The van der Waals surface area contributed by atoms with Crippen LogP contribution in [0.5, 0.6) is 5.75 Å². The Labute approximate surface area is 94.6 Å². The molecule has 16 heavy (non-hydrogen) atoms. The van der Waals surface area contributed by atoms with Crippen molar-refractivity contribution in [3.8, 4) is 5.75 Å². The first-order valence-electron chi connectivity index (χ1n) is 5.29. The number of rotatable bonds is 7. The van der Waals surface area contributed by atoms with Gasteiger partial charge in [-0.3, -0.25) is 4.79 Å². The topological polar surface area (TPSA) is 38.3 Å². The number of amides is 1. The van der Waals surface area contributed by atoms with Gasteiger partial charge in [0.1, 0.15) is 11.6 Å². The first kappa shape index (κ1) is 12.5. The fourth-order valence-electron chi connectivity index (χ4n) is 1.36. The van der Waals surface area contributed by atoms with Gasteiger partial charge in [0.25, 0.3) is 0 Å². The van der Waals surface area contributed by atoms with Crippen molar-refractivity contribution < 1.29 is 13.9 Å². The van der Waals surface area contributed by atoms with Crippen LogP contribution in [0.3, 0.4) is 0 Å². The summed E-state index contributed by atoms with van der Waals surface area (Å²) in [6.45, 7) is 3.00. The van der Waals surface area contributed by atoms with Gasteiger partial charge in [-0.05, 0) is 37.5 Å². The molecule has 0 fully saturated rings. The van der Waals surface area contributed by atoms with Gasteiger partial charge >= 0.3 is 0 Å². The van der Waals surface area contributed by atoms with Crippen LogP contribution in [0.15, 0.2) is 18.2 Å². The van der Waals surface area contributed by atoms with Gasteiger partial charge in [-0.25, -0.2) is 4.39 Å². The maximum absolute atomic E-state index is 13.0. The molecule has 88 valence electrons. The van der Waals surface area contributed by atoms with Gasteiger partial charge in [-0.15, -0.1) is 0 Å². The maximum atomic E-state index is 13.0. The van der Waals surface area contributed by atoms with E-state index in [4.69, 9.17) is 4.74 Å². The maximum Gasteiger partial charge on any atom is 0.207 e. The van der Waals surface area contributed by atoms with E-state index in [-0.39, 0.29) is 5.82 Å². The lowest BCUT2D eigenvalue weighted by Gasteiger charge is -2.07. The van der Waals surface area contributed by atoms with Crippen molar-refractivity contribution in [1.29, 1.82) is 0 Å². The minimum absolute atomic E-state index is 0.280. The van der Waals surface area contributed by atoms with Crippen molar-refractivity contribution in [1.82, 2.24) is 5.32 Å². The molecular weight excluding hydrogens is 209 g/mol. The minimum Gasteiger partial charge on any atom is -0.493 e. The van der Waals surface area contributed by atoms with Crippen LogP contribution in [0.4, 0.5) is 4.39 Å². The van der Waals surface area contributed by atoms with Crippen LogP contribution >= 0.6 is 0 Å². The molecule has 0 bridgehead atoms. The van der Waals surface area contributed by atoms with E-state index in [1.807, 2.05) is 6.92 Å². The highest BCUT2D eigenvalue weighted by Crippen LogP contribution is 2.15. The Kier molecular flexibility index (Phi) is 5.32. The number of ether oxygens (including phenoxy) is 1. The number of aryl methyl sites for hydroxylation is 1. The Morgan fingerprint density at radius 3 is 2.88 bits per heavy atom. The monoisotopic (exact) mass is 225 g/mol. The second-order valence-corrected chi connectivity index (χ2v) is 3.59. The van der Waals surface area contributed by atoms with Gasteiger partial charge < -0.3 is 10.1 Å². The Bertz CT molecular complexity index is 322. The Morgan fingerprint density at radius 2 is 2.19 bits per heavy atom. The first-order valence-corrected chi connectivity index (χ1v) is 5.29. The molecule has 0 unspecified atom stereocenters. The molecule has 0 heterocycles. The summed E-state index contributed by atoms with van der Waals surface area (Å²) in [7, 11) is 0. The van der Waals surface area contributed by atoms with Crippen LogP contribution in [0.1, 0.15) is 18.4 Å². The van der Waals surface area contributed by atoms with E-state index < -0.39 is 0 Å². The molecule has 0 aliphatic carbocycles. The van der Waals surface area contributed by atoms with Crippen molar-refractivity contribution in [2.24, 2.45) is 0 Å². The van der Waals surface area contributed by atoms with Crippen molar-refractivity contribution in [2.45, 2.75) is 19.8 Å². The number of carbonyl (C=O) groups is 1. The zero-order chi connectivity index (χ0) is 11.8. The molecule has 0 saturated heterocycles. The zero-order valence-electron chi connectivity index (χ0n) is 9.33. The number of carbonyl (C=O) groups excluding carboxylic acids is 1. The lowest BCUT2D eigenvalue weighted by molar-refractivity contribution is -0.109. The second-order valence-electron chi connectivity index (χ2n) is 3.59. The van der Waals surface area contributed by atoms with Crippen molar-refractivity contribution in [3.63, 3.8) is 0 Å². The van der Waals surface area contributed by atoms with Crippen LogP contribution in [0, 0.1) is 12.7 Å². The molecule has 1 aromatic rings. The van der Waals surface area contributed by atoms with Crippen molar-refractivity contribution in [3.05, 3.63) is 29.6 Å². The van der Waals surface area contributed by atoms with Gasteiger partial charge in [0.05, 0.1) is 6.61 Å². The molecule has 3 nitrogen and oxygen atoms in total. The molecule has 0 aliphatic rings. The molecule has 4 heteroatoms. The van der Waals surface area contributed by atoms with Gasteiger partial charge in [-0.1, -0.05) is 0 Å². The molecule has 1 rings (SSSR count). The molecule has 0 radical (unpaired) electrons. The standard InChI is InChI=1S/C12H16FNO2/c1-10-6-11(13)8-12(7-10)16-5-3-2-4-14-9-15/h6-9H,2-5H2,1H3,(H,14,15). The van der Waals surface area contributed by atoms with Crippen LogP contribution < -0.4 is 10.1 Å². The average molecular weight is 225 g/mol. The quantitative estimate of drug-likeness (QED) is 0.569. The molecular formula is C12H16FNO2. The number of nitrogens with one attached hydrogen (secondary N) is 1. The summed E-state index contributed by atoms with van der Waals surface area (Å²) in [6, 6.07) is 4.63. The first-order chi connectivity index (χ1) is 7.72. The molecule has 0 spiro atoms. The summed E-state index contributed by atoms with van der Waals surface area (Å²) in [5, 5.41) is 2.57. The van der Waals surface area contributed by atoms with Crippen LogP contribution in [-0.2, 0) is 4.79 Å². The number of hydrogen-bond donors (Lipinski definition) is 1. The number of halogens is 1. The van der Waals surface area contributed by atoms with E-state index >= 15 is 0 Å². The van der Waals surface area contributed by atoms with E-state index in [2.05, 4.69) is 5.32 Å². The van der Waals surface area contributed by atoms with Gasteiger partial charge in [0.2, 0.25) is 6.41 Å². The molecule has 0 saturated carbocycles. The van der Waals surface area contributed by atoms with E-state index in [9.17, 15) is 9.18 Å². The third-order valence-electron chi connectivity index (χ3n) is 2.08. The summed E-state index contributed by atoms with van der Waals surface area (Å²) in [5.41, 5.74) is 0.845. The highest BCUT2D eigenvalue weighted by Gasteiger charge is 1.98. The SMILES string of the molecule is Cc1cc(F)cc(OCCCCNC=O)c1. The fourth-order valence-corrected chi connectivity index (χ4v) is 1.36. The number of hydrogen-bond acceptors (Lipinski definition) is 2.